The molecule has 2 rings (SSSR count). The molecule has 1 fully saturated rings. The monoisotopic (exact) mass is 231 g/mol. The van der Waals surface area contributed by atoms with E-state index in [-0.39, 0.29) is 12.0 Å². The number of rotatable bonds is 4. The van der Waals surface area contributed by atoms with Crippen LogP contribution in [0.25, 0.3) is 0 Å². The SMILES string of the molecule is CCOc1ccc(OC2CCCC2C#N)cc1. The first-order valence-electron chi connectivity index (χ1n) is 6.12. The Balaban J connectivity index is 1.97. The molecule has 3 heteroatoms. The molecule has 2 unspecified atom stereocenters. The second kappa shape index (κ2) is 5.58. The van der Waals surface area contributed by atoms with E-state index in [9.17, 15) is 0 Å². The lowest BCUT2D eigenvalue weighted by Gasteiger charge is -2.16. The van der Waals surface area contributed by atoms with Crippen LogP contribution in [0.15, 0.2) is 24.3 Å². The van der Waals surface area contributed by atoms with Gasteiger partial charge in [0, 0.05) is 0 Å². The normalized spacial score (nSPS) is 23.1. The van der Waals surface area contributed by atoms with Crippen LogP contribution in [-0.4, -0.2) is 12.7 Å². The Kier molecular flexibility index (Phi) is 3.87. The third-order valence-corrected chi connectivity index (χ3v) is 3.04. The zero-order valence-electron chi connectivity index (χ0n) is 10.1. The van der Waals surface area contributed by atoms with Gasteiger partial charge >= 0.3 is 0 Å². The lowest BCUT2D eigenvalue weighted by atomic mass is 10.1. The van der Waals surface area contributed by atoms with Crippen molar-refractivity contribution in [2.75, 3.05) is 6.61 Å². The van der Waals surface area contributed by atoms with Gasteiger partial charge in [0.25, 0.3) is 0 Å². The average Bonchev–Trinajstić information content (AvgIpc) is 2.79. The number of nitrogens with zero attached hydrogens (tertiary/aromatic N) is 1. The second-order valence-corrected chi connectivity index (χ2v) is 4.23. The second-order valence-electron chi connectivity index (χ2n) is 4.23. The van der Waals surface area contributed by atoms with Crippen LogP contribution in [0.1, 0.15) is 26.2 Å². The highest BCUT2D eigenvalue weighted by Gasteiger charge is 2.28. The summed E-state index contributed by atoms with van der Waals surface area (Å²) in [6, 6.07) is 9.91. The summed E-state index contributed by atoms with van der Waals surface area (Å²) in [5.74, 6) is 1.71. The van der Waals surface area contributed by atoms with E-state index in [0.717, 1.165) is 30.8 Å². The molecule has 0 aromatic heterocycles. The molecule has 17 heavy (non-hydrogen) atoms. The maximum absolute atomic E-state index is 8.98. The molecule has 0 saturated heterocycles. The van der Waals surface area contributed by atoms with E-state index in [1.54, 1.807) is 0 Å². The summed E-state index contributed by atoms with van der Waals surface area (Å²) in [6.45, 7) is 2.62. The first-order chi connectivity index (χ1) is 8.33. The van der Waals surface area contributed by atoms with Gasteiger partial charge in [-0.25, -0.2) is 0 Å². The Hall–Kier alpha value is -1.69. The number of ether oxygens (including phenoxy) is 2. The minimum Gasteiger partial charge on any atom is -0.494 e. The summed E-state index contributed by atoms with van der Waals surface area (Å²) >= 11 is 0. The largest absolute Gasteiger partial charge is 0.494 e. The van der Waals surface area contributed by atoms with Crippen LogP contribution in [0.3, 0.4) is 0 Å². The van der Waals surface area contributed by atoms with E-state index >= 15 is 0 Å². The van der Waals surface area contributed by atoms with E-state index in [1.165, 1.54) is 0 Å². The van der Waals surface area contributed by atoms with E-state index < -0.39 is 0 Å². The molecule has 90 valence electrons. The Bertz CT molecular complexity index is 394. The maximum Gasteiger partial charge on any atom is 0.120 e. The van der Waals surface area contributed by atoms with Crippen LogP contribution in [0.2, 0.25) is 0 Å². The van der Waals surface area contributed by atoms with Gasteiger partial charge < -0.3 is 9.47 Å². The molecule has 1 saturated carbocycles. The Morgan fingerprint density at radius 2 is 1.94 bits per heavy atom. The number of benzene rings is 1. The predicted octanol–water partition coefficient (Wildman–Crippen LogP) is 3.16. The van der Waals surface area contributed by atoms with Crippen molar-refractivity contribution in [3.63, 3.8) is 0 Å². The van der Waals surface area contributed by atoms with Crippen molar-refractivity contribution in [2.24, 2.45) is 5.92 Å². The molecule has 1 aliphatic rings. The molecule has 0 spiro atoms. The zero-order chi connectivity index (χ0) is 12.1. The first kappa shape index (κ1) is 11.8. The topological polar surface area (TPSA) is 42.2 Å². The average molecular weight is 231 g/mol. The lowest BCUT2D eigenvalue weighted by molar-refractivity contribution is 0.182. The summed E-state index contributed by atoms with van der Waals surface area (Å²) in [5, 5.41) is 8.98. The lowest BCUT2D eigenvalue weighted by Crippen LogP contribution is -2.19. The molecule has 0 amide bonds. The predicted molar refractivity (Wildman–Crippen MR) is 65.0 cm³/mol. The fourth-order valence-electron chi connectivity index (χ4n) is 2.17. The zero-order valence-corrected chi connectivity index (χ0v) is 10.1. The van der Waals surface area contributed by atoms with Crippen molar-refractivity contribution < 1.29 is 9.47 Å². The summed E-state index contributed by atoms with van der Waals surface area (Å²) in [7, 11) is 0. The van der Waals surface area contributed by atoms with Gasteiger partial charge in [0.1, 0.15) is 17.6 Å². The molecule has 0 bridgehead atoms. The van der Waals surface area contributed by atoms with Crippen LogP contribution in [0.5, 0.6) is 11.5 Å². The highest BCUT2D eigenvalue weighted by Crippen LogP contribution is 2.29. The van der Waals surface area contributed by atoms with Crippen molar-refractivity contribution in [2.45, 2.75) is 32.3 Å². The van der Waals surface area contributed by atoms with Crippen molar-refractivity contribution in [3.8, 4) is 17.6 Å². The van der Waals surface area contributed by atoms with E-state index in [1.807, 2.05) is 31.2 Å². The Labute approximate surface area is 102 Å². The smallest absolute Gasteiger partial charge is 0.120 e. The van der Waals surface area contributed by atoms with Crippen molar-refractivity contribution in [1.29, 1.82) is 5.26 Å². The Morgan fingerprint density at radius 1 is 1.24 bits per heavy atom. The Morgan fingerprint density at radius 3 is 2.59 bits per heavy atom. The maximum atomic E-state index is 8.98. The van der Waals surface area contributed by atoms with Crippen molar-refractivity contribution >= 4 is 0 Å². The van der Waals surface area contributed by atoms with Gasteiger partial charge in [-0.05, 0) is 50.5 Å². The summed E-state index contributed by atoms with van der Waals surface area (Å²) in [6.07, 6.45) is 3.07. The molecule has 3 nitrogen and oxygen atoms in total. The van der Waals surface area contributed by atoms with E-state index in [2.05, 4.69) is 6.07 Å². The third kappa shape index (κ3) is 2.91. The summed E-state index contributed by atoms with van der Waals surface area (Å²) < 4.78 is 11.2. The molecule has 0 heterocycles. The van der Waals surface area contributed by atoms with E-state index in [0.29, 0.717) is 6.61 Å². The molecular weight excluding hydrogens is 214 g/mol. The van der Waals surface area contributed by atoms with Crippen LogP contribution in [0.4, 0.5) is 0 Å². The van der Waals surface area contributed by atoms with Crippen LogP contribution < -0.4 is 9.47 Å². The van der Waals surface area contributed by atoms with Gasteiger partial charge in [-0.15, -0.1) is 0 Å². The quantitative estimate of drug-likeness (QED) is 0.799. The number of nitriles is 1. The fraction of sp³-hybridized carbons (Fsp3) is 0.500. The van der Waals surface area contributed by atoms with Gasteiger partial charge in [-0.1, -0.05) is 0 Å². The molecule has 0 N–H and O–H groups in total. The highest BCUT2D eigenvalue weighted by atomic mass is 16.5. The van der Waals surface area contributed by atoms with Gasteiger partial charge in [-0.3, -0.25) is 0 Å². The van der Waals surface area contributed by atoms with Gasteiger partial charge in [0.2, 0.25) is 0 Å². The van der Waals surface area contributed by atoms with Crippen molar-refractivity contribution in [1.82, 2.24) is 0 Å². The molecule has 0 aliphatic heterocycles. The molecule has 2 atom stereocenters. The number of hydrogen-bond donors (Lipinski definition) is 0. The van der Waals surface area contributed by atoms with Crippen LogP contribution >= 0.6 is 0 Å². The highest BCUT2D eigenvalue weighted by molar-refractivity contribution is 5.31. The molecule has 1 aromatic rings. The first-order valence-corrected chi connectivity index (χ1v) is 6.12. The number of hydrogen-bond acceptors (Lipinski definition) is 3. The van der Waals surface area contributed by atoms with Crippen LogP contribution in [-0.2, 0) is 0 Å². The van der Waals surface area contributed by atoms with Gasteiger partial charge in [0.05, 0.1) is 18.6 Å². The van der Waals surface area contributed by atoms with Crippen LogP contribution in [0, 0.1) is 17.2 Å². The van der Waals surface area contributed by atoms with Gasteiger partial charge in [-0.2, -0.15) is 5.26 Å². The molecular formula is C14H17NO2. The third-order valence-electron chi connectivity index (χ3n) is 3.04. The molecule has 1 aromatic carbocycles. The summed E-state index contributed by atoms with van der Waals surface area (Å²) in [4.78, 5) is 0. The minimum absolute atomic E-state index is 0.0431. The standard InChI is InChI=1S/C14H17NO2/c1-2-16-12-6-8-13(9-7-12)17-14-5-3-4-11(14)10-15/h6-9,11,14H,2-5H2,1H3. The molecule has 0 radical (unpaired) electrons. The minimum atomic E-state index is 0.0431. The summed E-state index contributed by atoms with van der Waals surface area (Å²) in [5.41, 5.74) is 0. The van der Waals surface area contributed by atoms with E-state index in [4.69, 9.17) is 14.7 Å². The fourth-order valence-corrected chi connectivity index (χ4v) is 2.17. The van der Waals surface area contributed by atoms with Crippen molar-refractivity contribution in [3.05, 3.63) is 24.3 Å². The molecule has 1 aliphatic carbocycles. The van der Waals surface area contributed by atoms with Gasteiger partial charge in [0.15, 0.2) is 0 Å².